The molecule has 0 spiro atoms. The Morgan fingerprint density at radius 3 is 2.89 bits per heavy atom. The van der Waals surface area contributed by atoms with Gasteiger partial charge >= 0.3 is 0 Å². The molecule has 6 heteroatoms. The van der Waals surface area contributed by atoms with Crippen LogP contribution in [-0.2, 0) is 7.05 Å². The fourth-order valence-corrected chi connectivity index (χ4v) is 2.29. The Labute approximate surface area is 110 Å². The van der Waals surface area contributed by atoms with Crippen LogP contribution in [0.5, 0.6) is 5.75 Å². The summed E-state index contributed by atoms with van der Waals surface area (Å²) in [6.45, 7) is 2.76. The number of nitrogens with zero attached hydrogens (tertiary/aromatic N) is 3. The van der Waals surface area contributed by atoms with Crippen LogP contribution in [0.4, 0.5) is 5.69 Å². The highest BCUT2D eigenvalue weighted by atomic mass is 32.2. The monoisotopic (exact) mass is 264 g/mol. The van der Waals surface area contributed by atoms with Crippen LogP contribution in [0.25, 0.3) is 0 Å². The van der Waals surface area contributed by atoms with Gasteiger partial charge in [0, 0.05) is 23.7 Å². The van der Waals surface area contributed by atoms with Gasteiger partial charge in [-0.2, -0.15) is 0 Å². The second-order valence-corrected chi connectivity index (χ2v) is 4.95. The molecule has 0 unspecified atom stereocenters. The molecule has 0 bridgehead atoms. The number of hydrogen-bond acceptors (Lipinski definition) is 5. The predicted octanol–water partition coefficient (Wildman–Crippen LogP) is 2.34. The highest BCUT2D eigenvalue weighted by Crippen LogP contribution is 2.30. The Morgan fingerprint density at radius 2 is 2.22 bits per heavy atom. The van der Waals surface area contributed by atoms with Crippen LogP contribution in [0.15, 0.2) is 34.6 Å². The number of hydrogen-bond donors (Lipinski definition) is 1. The van der Waals surface area contributed by atoms with Crippen molar-refractivity contribution >= 4 is 17.4 Å². The normalized spacial score (nSPS) is 10.6. The Balaban J connectivity index is 2.17. The molecule has 1 heterocycles. The number of benzene rings is 1. The Bertz CT molecular complexity index is 527. The number of nitrogens with two attached hydrogens (primary N) is 1. The van der Waals surface area contributed by atoms with Crippen LogP contribution in [0.1, 0.15) is 13.3 Å². The van der Waals surface area contributed by atoms with Crippen molar-refractivity contribution in [1.82, 2.24) is 14.8 Å². The lowest BCUT2D eigenvalue weighted by Crippen LogP contribution is -1.97. The first-order valence-electron chi connectivity index (χ1n) is 5.74. The van der Waals surface area contributed by atoms with Gasteiger partial charge in [0.15, 0.2) is 5.16 Å². The van der Waals surface area contributed by atoms with Gasteiger partial charge in [-0.05, 0) is 30.3 Å². The van der Waals surface area contributed by atoms with Crippen molar-refractivity contribution in [1.29, 1.82) is 0 Å². The van der Waals surface area contributed by atoms with Crippen molar-refractivity contribution in [2.75, 3.05) is 12.3 Å². The number of aryl methyl sites for hydroxylation is 1. The fraction of sp³-hybridized carbons (Fsp3) is 0.333. The van der Waals surface area contributed by atoms with Crippen molar-refractivity contribution < 1.29 is 4.74 Å². The van der Waals surface area contributed by atoms with E-state index in [1.165, 1.54) is 11.8 Å². The summed E-state index contributed by atoms with van der Waals surface area (Å²) in [5, 5.41) is 8.69. The van der Waals surface area contributed by atoms with Gasteiger partial charge in [-0.15, -0.1) is 10.2 Å². The van der Waals surface area contributed by atoms with E-state index in [1.54, 1.807) is 6.33 Å². The highest BCUT2D eigenvalue weighted by molar-refractivity contribution is 7.99. The van der Waals surface area contributed by atoms with Crippen LogP contribution in [-0.4, -0.2) is 21.4 Å². The third-order valence-corrected chi connectivity index (χ3v) is 3.28. The topological polar surface area (TPSA) is 66.0 Å². The second kappa shape index (κ2) is 5.77. The quantitative estimate of drug-likeness (QED) is 0.840. The van der Waals surface area contributed by atoms with Gasteiger partial charge in [0.1, 0.15) is 12.1 Å². The number of aromatic nitrogens is 3. The summed E-state index contributed by atoms with van der Waals surface area (Å²) in [6.07, 6.45) is 2.64. The summed E-state index contributed by atoms with van der Waals surface area (Å²) in [4.78, 5) is 0.997. The Kier molecular flexibility index (Phi) is 4.09. The van der Waals surface area contributed by atoms with Gasteiger partial charge in [-0.3, -0.25) is 0 Å². The van der Waals surface area contributed by atoms with E-state index in [-0.39, 0.29) is 0 Å². The molecule has 0 saturated heterocycles. The maximum Gasteiger partial charge on any atom is 0.195 e. The lowest BCUT2D eigenvalue weighted by molar-refractivity contribution is 0.317. The van der Waals surface area contributed by atoms with E-state index in [2.05, 4.69) is 17.1 Å². The van der Waals surface area contributed by atoms with Gasteiger partial charge < -0.3 is 15.0 Å². The number of anilines is 1. The third-order valence-electron chi connectivity index (χ3n) is 2.25. The number of nitrogen functional groups attached to an aromatic ring is 1. The zero-order valence-electron chi connectivity index (χ0n) is 10.5. The van der Waals surface area contributed by atoms with Crippen LogP contribution in [0.3, 0.4) is 0 Å². The lowest BCUT2D eigenvalue weighted by atomic mass is 10.3. The molecule has 96 valence electrons. The second-order valence-electron chi connectivity index (χ2n) is 3.91. The molecule has 0 fully saturated rings. The summed E-state index contributed by atoms with van der Waals surface area (Å²) < 4.78 is 7.45. The zero-order chi connectivity index (χ0) is 13.0. The van der Waals surface area contributed by atoms with E-state index in [4.69, 9.17) is 10.5 Å². The minimum atomic E-state index is 0.688. The van der Waals surface area contributed by atoms with E-state index in [0.29, 0.717) is 12.3 Å². The first kappa shape index (κ1) is 12.8. The molecule has 2 aromatic rings. The molecule has 18 heavy (non-hydrogen) atoms. The molecule has 0 radical (unpaired) electrons. The molecule has 2 N–H and O–H groups in total. The molecule has 0 aliphatic carbocycles. The lowest BCUT2D eigenvalue weighted by Gasteiger charge is -2.08. The minimum Gasteiger partial charge on any atom is -0.493 e. The van der Waals surface area contributed by atoms with Crippen molar-refractivity contribution in [3.8, 4) is 5.75 Å². The van der Waals surface area contributed by atoms with E-state index in [0.717, 1.165) is 22.2 Å². The van der Waals surface area contributed by atoms with E-state index >= 15 is 0 Å². The first-order chi connectivity index (χ1) is 8.69. The summed E-state index contributed by atoms with van der Waals surface area (Å²) in [5.74, 6) is 0.793. The van der Waals surface area contributed by atoms with E-state index in [1.807, 2.05) is 29.8 Å². The van der Waals surface area contributed by atoms with Crippen molar-refractivity contribution in [2.24, 2.45) is 7.05 Å². The highest BCUT2D eigenvalue weighted by Gasteiger charge is 2.06. The van der Waals surface area contributed by atoms with Gasteiger partial charge in [-0.25, -0.2) is 0 Å². The molecular weight excluding hydrogens is 248 g/mol. The molecule has 0 atom stereocenters. The van der Waals surface area contributed by atoms with Crippen LogP contribution in [0, 0.1) is 0 Å². The van der Waals surface area contributed by atoms with E-state index in [9.17, 15) is 0 Å². The average molecular weight is 264 g/mol. The van der Waals surface area contributed by atoms with Gasteiger partial charge in [0.2, 0.25) is 0 Å². The molecule has 1 aromatic heterocycles. The molecular formula is C12H16N4OS. The first-order valence-corrected chi connectivity index (χ1v) is 6.56. The smallest absolute Gasteiger partial charge is 0.195 e. The largest absolute Gasteiger partial charge is 0.493 e. The molecule has 0 saturated carbocycles. The summed E-state index contributed by atoms with van der Waals surface area (Å²) in [6, 6.07) is 5.69. The molecule has 1 aromatic carbocycles. The Hall–Kier alpha value is -1.69. The SMILES string of the molecule is CCCOc1cc(N)cc(Sc2nncn2C)c1. The molecule has 0 aliphatic heterocycles. The average Bonchev–Trinajstić information content (AvgIpc) is 2.72. The predicted molar refractivity (Wildman–Crippen MR) is 71.8 cm³/mol. The number of rotatable bonds is 5. The Morgan fingerprint density at radius 1 is 1.39 bits per heavy atom. The molecule has 0 aliphatic rings. The molecule has 2 rings (SSSR count). The van der Waals surface area contributed by atoms with Gasteiger partial charge in [0.25, 0.3) is 0 Å². The van der Waals surface area contributed by atoms with E-state index < -0.39 is 0 Å². The standard InChI is InChI=1S/C12H16N4OS/c1-3-4-17-10-5-9(13)6-11(7-10)18-12-15-14-8-16(12)2/h5-8H,3-4,13H2,1-2H3. The van der Waals surface area contributed by atoms with Crippen molar-refractivity contribution in [3.63, 3.8) is 0 Å². The molecule has 0 amide bonds. The summed E-state index contributed by atoms with van der Waals surface area (Å²) in [5.41, 5.74) is 6.55. The van der Waals surface area contributed by atoms with Gasteiger partial charge in [0.05, 0.1) is 6.61 Å². The minimum absolute atomic E-state index is 0.688. The maximum absolute atomic E-state index is 5.86. The summed E-state index contributed by atoms with van der Waals surface area (Å²) >= 11 is 1.51. The summed E-state index contributed by atoms with van der Waals surface area (Å²) in [7, 11) is 1.91. The molecule has 5 nitrogen and oxygen atoms in total. The zero-order valence-corrected chi connectivity index (χ0v) is 11.3. The third kappa shape index (κ3) is 3.16. The van der Waals surface area contributed by atoms with Crippen LogP contribution < -0.4 is 10.5 Å². The van der Waals surface area contributed by atoms with Crippen LogP contribution >= 0.6 is 11.8 Å². The van der Waals surface area contributed by atoms with Crippen molar-refractivity contribution in [3.05, 3.63) is 24.5 Å². The van der Waals surface area contributed by atoms with Crippen molar-refractivity contribution in [2.45, 2.75) is 23.4 Å². The maximum atomic E-state index is 5.86. The fourth-order valence-electron chi connectivity index (χ4n) is 1.43. The van der Waals surface area contributed by atoms with Crippen LogP contribution in [0.2, 0.25) is 0 Å². The number of ether oxygens (including phenoxy) is 1. The van der Waals surface area contributed by atoms with Gasteiger partial charge in [-0.1, -0.05) is 6.92 Å².